The van der Waals surface area contributed by atoms with Gasteiger partial charge in [0.1, 0.15) is 0 Å². The Kier molecular flexibility index (Phi) is 5.42. The third-order valence-corrected chi connectivity index (χ3v) is 4.99. The van der Waals surface area contributed by atoms with E-state index in [-0.39, 0.29) is 5.97 Å². The fourth-order valence-corrected chi connectivity index (χ4v) is 2.63. The van der Waals surface area contributed by atoms with Crippen molar-refractivity contribution in [3.05, 3.63) is 62.0 Å². The van der Waals surface area contributed by atoms with E-state index in [2.05, 4.69) is 49.3 Å². The Morgan fingerprint density at radius 1 is 1.14 bits per heavy atom. The molecule has 0 saturated heterocycles. The number of benzene rings is 2. The van der Waals surface area contributed by atoms with Crippen LogP contribution in [0.2, 0.25) is 0 Å². The number of aryl methyl sites for hydroxylation is 1. The molecule has 110 valence electrons. The summed E-state index contributed by atoms with van der Waals surface area (Å²) >= 11 is 6.95. The van der Waals surface area contributed by atoms with Crippen molar-refractivity contribution in [3.63, 3.8) is 0 Å². The molecule has 0 bridgehead atoms. The molecule has 0 amide bonds. The van der Waals surface area contributed by atoms with Gasteiger partial charge in [-0.05, 0) is 80.2 Å². The van der Waals surface area contributed by atoms with Crippen LogP contribution in [0, 0.1) is 6.92 Å². The molecule has 21 heavy (non-hydrogen) atoms. The first-order valence-corrected chi connectivity index (χ1v) is 7.96. The minimum absolute atomic E-state index is 0.318. The van der Waals surface area contributed by atoms with Crippen molar-refractivity contribution in [2.75, 3.05) is 12.4 Å². The van der Waals surface area contributed by atoms with Crippen molar-refractivity contribution in [1.82, 2.24) is 0 Å². The van der Waals surface area contributed by atoms with E-state index < -0.39 is 0 Å². The van der Waals surface area contributed by atoms with Gasteiger partial charge in [-0.2, -0.15) is 0 Å². The number of halogens is 2. The lowest BCUT2D eigenvalue weighted by molar-refractivity contribution is 0.0600. The van der Waals surface area contributed by atoms with Crippen molar-refractivity contribution in [2.45, 2.75) is 13.5 Å². The number of esters is 1. The average Bonchev–Trinajstić information content (AvgIpc) is 2.48. The number of hydrogen-bond acceptors (Lipinski definition) is 3. The first-order chi connectivity index (χ1) is 10.0. The maximum Gasteiger partial charge on any atom is 0.337 e. The zero-order valence-electron chi connectivity index (χ0n) is 11.7. The minimum Gasteiger partial charge on any atom is -0.465 e. The molecule has 0 aliphatic carbocycles. The number of nitrogens with one attached hydrogen (secondary N) is 1. The summed E-state index contributed by atoms with van der Waals surface area (Å²) in [6, 6.07) is 11.6. The standard InChI is InChI=1S/C16H15Br2NO2/c1-10-7-12(16(20)21-2)4-6-15(10)19-9-11-3-5-13(17)14(18)8-11/h3-8,19H,9H2,1-2H3. The molecule has 0 heterocycles. The molecule has 5 heteroatoms. The van der Waals surface area contributed by atoms with Gasteiger partial charge in [0, 0.05) is 21.2 Å². The summed E-state index contributed by atoms with van der Waals surface area (Å²) in [4.78, 5) is 11.5. The van der Waals surface area contributed by atoms with E-state index in [0.717, 1.165) is 20.2 Å². The Morgan fingerprint density at radius 3 is 2.52 bits per heavy atom. The normalized spacial score (nSPS) is 10.3. The highest BCUT2D eigenvalue weighted by molar-refractivity contribution is 9.13. The molecule has 3 nitrogen and oxygen atoms in total. The second-order valence-electron chi connectivity index (χ2n) is 4.62. The van der Waals surface area contributed by atoms with E-state index in [4.69, 9.17) is 4.74 Å². The summed E-state index contributed by atoms with van der Waals surface area (Å²) in [6.45, 7) is 2.68. The van der Waals surface area contributed by atoms with Crippen LogP contribution in [-0.2, 0) is 11.3 Å². The van der Waals surface area contributed by atoms with Gasteiger partial charge < -0.3 is 10.1 Å². The molecule has 0 aliphatic heterocycles. The molecule has 0 unspecified atom stereocenters. The first-order valence-electron chi connectivity index (χ1n) is 6.38. The van der Waals surface area contributed by atoms with E-state index in [1.807, 2.05) is 25.1 Å². The Hall–Kier alpha value is -1.33. The third-order valence-electron chi connectivity index (χ3n) is 3.11. The summed E-state index contributed by atoms with van der Waals surface area (Å²) < 4.78 is 6.78. The minimum atomic E-state index is -0.318. The monoisotopic (exact) mass is 411 g/mol. The number of ether oxygens (including phenoxy) is 1. The summed E-state index contributed by atoms with van der Waals surface area (Å²) in [6.07, 6.45) is 0. The highest BCUT2D eigenvalue weighted by atomic mass is 79.9. The van der Waals surface area contributed by atoms with Crippen LogP contribution in [0.15, 0.2) is 45.3 Å². The highest BCUT2D eigenvalue weighted by Crippen LogP contribution is 2.24. The lowest BCUT2D eigenvalue weighted by Crippen LogP contribution is -2.04. The molecule has 0 atom stereocenters. The number of hydrogen-bond donors (Lipinski definition) is 1. The van der Waals surface area contributed by atoms with Crippen molar-refractivity contribution in [2.24, 2.45) is 0 Å². The second-order valence-corrected chi connectivity index (χ2v) is 6.33. The molecule has 0 aliphatic rings. The van der Waals surface area contributed by atoms with Gasteiger partial charge in [-0.1, -0.05) is 6.07 Å². The molecule has 1 N–H and O–H groups in total. The fraction of sp³-hybridized carbons (Fsp3) is 0.188. The Labute approximate surface area is 141 Å². The molecule has 0 radical (unpaired) electrons. The van der Waals surface area contributed by atoms with Crippen LogP contribution < -0.4 is 5.32 Å². The summed E-state index contributed by atoms with van der Waals surface area (Å²) in [5.74, 6) is -0.318. The van der Waals surface area contributed by atoms with Crippen LogP contribution in [0.1, 0.15) is 21.5 Å². The maximum absolute atomic E-state index is 11.5. The lowest BCUT2D eigenvalue weighted by Gasteiger charge is -2.11. The van der Waals surface area contributed by atoms with Gasteiger partial charge in [0.05, 0.1) is 12.7 Å². The van der Waals surface area contributed by atoms with E-state index >= 15 is 0 Å². The van der Waals surface area contributed by atoms with Gasteiger partial charge in [0.2, 0.25) is 0 Å². The molecule has 2 aromatic carbocycles. The van der Waals surface area contributed by atoms with Crippen LogP contribution in [0.5, 0.6) is 0 Å². The van der Waals surface area contributed by atoms with E-state index in [1.165, 1.54) is 12.7 Å². The molecule has 0 spiro atoms. The number of anilines is 1. The first kappa shape index (κ1) is 16.0. The SMILES string of the molecule is COC(=O)c1ccc(NCc2ccc(Br)c(Br)c2)c(C)c1. The third kappa shape index (κ3) is 4.08. The number of rotatable bonds is 4. The predicted molar refractivity (Wildman–Crippen MR) is 91.7 cm³/mol. The average molecular weight is 413 g/mol. The molecule has 0 aromatic heterocycles. The van der Waals surface area contributed by atoms with Gasteiger partial charge in [-0.25, -0.2) is 4.79 Å². The maximum atomic E-state index is 11.5. The second kappa shape index (κ2) is 7.09. The van der Waals surface area contributed by atoms with Gasteiger partial charge in [0.25, 0.3) is 0 Å². The topological polar surface area (TPSA) is 38.3 Å². The molecular weight excluding hydrogens is 398 g/mol. The van der Waals surface area contributed by atoms with Gasteiger partial charge in [-0.3, -0.25) is 0 Å². The highest BCUT2D eigenvalue weighted by Gasteiger charge is 2.07. The fourth-order valence-electron chi connectivity index (χ4n) is 1.95. The van der Waals surface area contributed by atoms with Crippen molar-refractivity contribution in [3.8, 4) is 0 Å². The number of carbonyl (C=O) groups excluding carboxylic acids is 1. The van der Waals surface area contributed by atoms with E-state index in [0.29, 0.717) is 12.1 Å². The van der Waals surface area contributed by atoms with Crippen LogP contribution in [0.3, 0.4) is 0 Å². The summed E-state index contributed by atoms with van der Waals surface area (Å²) in [5.41, 5.74) is 3.74. The van der Waals surface area contributed by atoms with Crippen molar-refractivity contribution >= 4 is 43.5 Å². The van der Waals surface area contributed by atoms with E-state index in [1.54, 1.807) is 6.07 Å². The zero-order chi connectivity index (χ0) is 15.4. The van der Waals surface area contributed by atoms with Gasteiger partial charge in [0.15, 0.2) is 0 Å². The van der Waals surface area contributed by atoms with Crippen molar-refractivity contribution < 1.29 is 9.53 Å². The molecular formula is C16H15Br2NO2. The van der Waals surface area contributed by atoms with Gasteiger partial charge >= 0.3 is 5.97 Å². The Morgan fingerprint density at radius 2 is 1.90 bits per heavy atom. The Bertz CT molecular complexity index is 671. The molecule has 0 saturated carbocycles. The number of carbonyl (C=O) groups is 1. The van der Waals surface area contributed by atoms with Crippen molar-refractivity contribution in [1.29, 1.82) is 0 Å². The Balaban J connectivity index is 2.09. The molecule has 2 aromatic rings. The van der Waals surface area contributed by atoms with Crippen LogP contribution in [-0.4, -0.2) is 13.1 Å². The summed E-state index contributed by atoms with van der Waals surface area (Å²) in [7, 11) is 1.38. The lowest BCUT2D eigenvalue weighted by atomic mass is 10.1. The summed E-state index contributed by atoms with van der Waals surface area (Å²) in [5, 5.41) is 3.37. The molecule has 2 rings (SSSR count). The van der Waals surface area contributed by atoms with Crippen LogP contribution >= 0.6 is 31.9 Å². The smallest absolute Gasteiger partial charge is 0.337 e. The van der Waals surface area contributed by atoms with E-state index in [9.17, 15) is 4.79 Å². The van der Waals surface area contributed by atoms with Gasteiger partial charge in [-0.15, -0.1) is 0 Å². The molecule has 0 fully saturated rings. The largest absolute Gasteiger partial charge is 0.465 e. The van der Waals surface area contributed by atoms with Crippen LogP contribution in [0.4, 0.5) is 5.69 Å². The predicted octanol–water partition coefficient (Wildman–Crippen LogP) is 4.92. The quantitative estimate of drug-likeness (QED) is 0.724. The van der Waals surface area contributed by atoms with Crippen LogP contribution in [0.25, 0.3) is 0 Å². The number of methoxy groups -OCH3 is 1. The zero-order valence-corrected chi connectivity index (χ0v) is 14.9.